The Morgan fingerprint density at radius 1 is 0.929 bits per heavy atom. The second-order valence-electron chi connectivity index (χ2n) is 5.29. The van der Waals surface area contributed by atoms with Crippen LogP contribution in [0.15, 0.2) is 33.3 Å². The van der Waals surface area contributed by atoms with Crippen LogP contribution in [0.25, 0.3) is 11.1 Å². The first-order valence-corrected chi connectivity index (χ1v) is 8.75. The second kappa shape index (κ2) is 7.35. The first kappa shape index (κ1) is 23.3. The molecule has 0 aliphatic rings. The molecule has 0 fully saturated rings. The van der Waals surface area contributed by atoms with Gasteiger partial charge in [0.1, 0.15) is 5.15 Å². The molecule has 2 aromatic rings. The van der Waals surface area contributed by atoms with E-state index in [2.05, 4.69) is 42.9 Å². The summed E-state index contributed by atoms with van der Waals surface area (Å²) in [5, 5.41) is -0.556. The first-order valence-electron chi connectivity index (χ1n) is 6.78. The van der Waals surface area contributed by atoms with Crippen LogP contribution >= 0.6 is 43.5 Å². The number of hydrogen-bond acceptors (Lipinski definition) is 1. The first-order chi connectivity index (χ1) is 12.6. The van der Waals surface area contributed by atoms with Gasteiger partial charge in [-0.25, -0.2) is 9.37 Å². The average molecular weight is 564 g/mol. The number of halogens is 12. The minimum absolute atomic E-state index is 0.135. The minimum atomic E-state index is -6.86. The molecule has 0 aliphatic heterocycles. The number of alkyl halides is 9. The summed E-state index contributed by atoms with van der Waals surface area (Å²) in [6, 6.07) is 4.54. The van der Waals surface area contributed by atoms with Crippen molar-refractivity contribution in [3.8, 4) is 11.1 Å². The maximum absolute atomic E-state index is 15.0. The summed E-state index contributed by atoms with van der Waals surface area (Å²) in [7, 11) is 0. The molecule has 0 saturated carbocycles. The smallest absolute Gasteiger partial charge is 0.244 e. The van der Waals surface area contributed by atoms with Gasteiger partial charge in [-0.15, -0.1) is 0 Å². The van der Waals surface area contributed by atoms with E-state index < -0.39 is 54.7 Å². The molecule has 2 rings (SSSR count). The maximum atomic E-state index is 15.0. The van der Waals surface area contributed by atoms with E-state index in [1.807, 2.05) is 0 Å². The molecule has 28 heavy (non-hydrogen) atoms. The fourth-order valence-electron chi connectivity index (χ4n) is 2.32. The summed E-state index contributed by atoms with van der Waals surface area (Å²) in [6.45, 7) is 0. The van der Waals surface area contributed by atoms with Gasteiger partial charge in [-0.2, -0.15) is 35.1 Å². The van der Waals surface area contributed by atoms with E-state index in [1.54, 1.807) is 0 Å². The van der Waals surface area contributed by atoms with E-state index in [9.17, 15) is 35.1 Å². The zero-order valence-electron chi connectivity index (χ0n) is 12.8. The van der Waals surface area contributed by atoms with Gasteiger partial charge in [0, 0.05) is 37.9 Å². The van der Waals surface area contributed by atoms with E-state index in [0.29, 0.717) is 0 Å². The van der Waals surface area contributed by atoms with Gasteiger partial charge in [-0.1, -0.05) is 27.5 Å². The van der Waals surface area contributed by atoms with Crippen LogP contribution in [0.3, 0.4) is 0 Å². The molecule has 0 N–H and O–H groups in total. The zero-order valence-corrected chi connectivity index (χ0v) is 16.7. The number of nitrogens with zero attached hydrogens (tertiary/aromatic N) is 1. The van der Waals surface area contributed by atoms with Crippen molar-refractivity contribution in [2.24, 2.45) is 0 Å². The van der Waals surface area contributed by atoms with E-state index in [0.717, 1.165) is 18.3 Å². The average Bonchev–Trinajstić information content (AvgIpc) is 2.52. The fraction of sp³-hybridized carbons (Fsp3) is 0.267. The lowest BCUT2D eigenvalue weighted by Crippen LogP contribution is -2.60. The van der Waals surface area contributed by atoms with Crippen LogP contribution in [0.1, 0.15) is 5.56 Å². The van der Waals surface area contributed by atoms with Crippen molar-refractivity contribution in [3.05, 3.63) is 50.1 Å². The molecule has 1 aromatic carbocycles. The highest BCUT2D eigenvalue weighted by molar-refractivity contribution is 9.11. The number of benzene rings is 1. The molecule has 0 amide bonds. The molecule has 1 unspecified atom stereocenters. The summed E-state index contributed by atoms with van der Waals surface area (Å²) in [5.41, 5.74) is -9.69. The van der Waals surface area contributed by atoms with Gasteiger partial charge in [-0.3, -0.25) is 0 Å². The van der Waals surface area contributed by atoms with Crippen molar-refractivity contribution < 1.29 is 39.5 Å². The zero-order chi connectivity index (χ0) is 21.7. The van der Waals surface area contributed by atoms with Crippen LogP contribution in [-0.2, 0) is 5.67 Å². The Bertz CT molecular complexity index is 898. The van der Waals surface area contributed by atoms with Crippen molar-refractivity contribution in [2.75, 3.05) is 0 Å². The van der Waals surface area contributed by atoms with Gasteiger partial charge in [0.2, 0.25) is 0 Å². The lowest BCUT2D eigenvalue weighted by atomic mass is 9.83. The third-order valence-electron chi connectivity index (χ3n) is 3.57. The predicted octanol–water partition coefficient (Wildman–Crippen LogP) is 7.65. The lowest BCUT2D eigenvalue weighted by molar-refractivity contribution is -0.389. The molecule has 153 valence electrons. The molecule has 1 atom stereocenters. The SMILES string of the molecule is FC(F)(F)C(F)(F)C(F)(c1cc(Br)[c]c(Br)c1-c1cccnc1Cl)C(F)(F)F. The van der Waals surface area contributed by atoms with Crippen LogP contribution in [0.4, 0.5) is 39.5 Å². The minimum Gasteiger partial charge on any atom is -0.244 e. The van der Waals surface area contributed by atoms with E-state index in [1.165, 1.54) is 0 Å². The molecule has 1 aromatic heterocycles. The quantitative estimate of drug-likeness (QED) is 0.276. The molecule has 1 heterocycles. The van der Waals surface area contributed by atoms with Gasteiger partial charge < -0.3 is 0 Å². The summed E-state index contributed by atoms with van der Waals surface area (Å²) in [4.78, 5) is 3.52. The number of aromatic nitrogens is 1. The lowest BCUT2D eigenvalue weighted by Gasteiger charge is -2.37. The fourth-order valence-corrected chi connectivity index (χ4v) is 3.87. The normalized spacial score (nSPS) is 15.4. The Kier molecular flexibility index (Phi) is 6.11. The van der Waals surface area contributed by atoms with Crippen molar-refractivity contribution in [2.45, 2.75) is 23.9 Å². The summed E-state index contributed by atoms with van der Waals surface area (Å²) in [6.07, 6.45) is -12.4. The predicted molar refractivity (Wildman–Crippen MR) is 88.8 cm³/mol. The summed E-state index contributed by atoms with van der Waals surface area (Å²) in [5.74, 6) is -6.83. The van der Waals surface area contributed by atoms with Gasteiger partial charge in [0.15, 0.2) is 0 Å². The maximum Gasteiger partial charge on any atom is 0.457 e. The molecule has 0 aliphatic carbocycles. The van der Waals surface area contributed by atoms with Crippen molar-refractivity contribution in [3.63, 3.8) is 0 Å². The largest absolute Gasteiger partial charge is 0.457 e. The van der Waals surface area contributed by atoms with E-state index >= 15 is 4.39 Å². The molecular weight excluding hydrogens is 560 g/mol. The molecule has 0 spiro atoms. The highest BCUT2D eigenvalue weighted by atomic mass is 79.9. The second-order valence-corrected chi connectivity index (χ2v) is 7.30. The molecule has 1 radical (unpaired) electrons. The third kappa shape index (κ3) is 3.62. The van der Waals surface area contributed by atoms with Gasteiger partial charge in [0.25, 0.3) is 0 Å². The third-order valence-corrected chi connectivity index (χ3v) is 4.89. The van der Waals surface area contributed by atoms with Crippen molar-refractivity contribution in [1.29, 1.82) is 0 Å². The van der Waals surface area contributed by atoms with Gasteiger partial charge >= 0.3 is 23.9 Å². The number of pyridine rings is 1. The van der Waals surface area contributed by atoms with Crippen LogP contribution in [0, 0.1) is 6.07 Å². The Hall–Kier alpha value is -1.01. The number of rotatable bonds is 3. The molecule has 0 bridgehead atoms. The van der Waals surface area contributed by atoms with E-state index in [4.69, 9.17) is 11.6 Å². The standard InChI is InChI=1S/C15H4Br2ClF9N/c16-6-4-8(10(9(17)5-6)7-2-1-3-28-11(7)18)12(19,14(22,23)24)13(20,21)15(25,26)27/h1-4H. The van der Waals surface area contributed by atoms with Gasteiger partial charge in [0.05, 0.1) is 0 Å². The summed E-state index contributed by atoms with van der Waals surface area (Å²) >= 11 is 11.1. The van der Waals surface area contributed by atoms with E-state index in [-0.39, 0.29) is 6.07 Å². The molecule has 0 saturated heterocycles. The van der Waals surface area contributed by atoms with Crippen LogP contribution in [0.2, 0.25) is 5.15 Å². The van der Waals surface area contributed by atoms with Crippen LogP contribution < -0.4 is 0 Å². The van der Waals surface area contributed by atoms with Crippen LogP contribution in [0.5, 0.6) is 0 Å². The number of hydrogen-bond donors (Lipinski definition) is 0. The Morgan fingerprint density at radius 2 is 1.50 bits per heavy atom. The topological polar surface area (TPSA) is 12.9 Å². The summed E-state index contributed by atoms with van der Waals surface area (Å²) < 4.78 is 120. The highest BCUT2D eigenvalue weighted by Gasteiger charge is 2.82. The molecule has 1 nitrogen and oxygen atoms in total. The van der Waals surface area contributed by atoms with Crippen molar-refractivity contribution >= 4 is 43.5 Å². The Morgan fingerprint density at radius 3 is 1.96 bits per heavy atom. The Balaban J connectivity index is 3.04. The van der Waals surface area contributed by atoms with Crippen molar-refractivity contribution in [1.82, 2.24) is 4.98 Å². The Labute approximate surface area is 173 Å². The molecular formula is C15H4Br2ClF9N. The van der Waals surface area contributed by atoms with Gasteiger partial charge in [-0.05, 0) is 34.1 Å². The monoisotopic (exact) mass is 562 g/mol. The molecule has 13 heteroatoms. The highest BCUT2D eigenvalue weighted by Crippen LogP contribution is 2.60. The van der Waals surface area contributed by atoms with Crippen LogP contribution in [-0.4, -0.2) is 23.3 Å².